The number of benzene rings is 7. The van der Waals surface area contributed by atoms with Crippen molar-refractivity contribution in [2.24, 2.45) is 0 Å². The SMILES string of the molecule is O=C1c2ccccc2C(c2ccccc2)(c2ccccc2)c2cc(-n3c4ccccc4c4c5oc6ccccc6c5ccc43)ccc21. The second-order valence-electron chi connectivity index (χ2n) is 12.4. The van der Waals surface area contributed by atoms with Gasteiger partial charge in [0.15, 0.2) is 5.78 Å². The molecule has 47 heavy (non-hydrogen) atoms. The van der Waals surface area contributed by atoms with Crippen molar-refractivity contribution in [3.8, 4) is 5.69 Å². The maximum Gasteiger partial charge on any atom is 0.193 e. The predicted octanol–water partition coefficient (Wildman–Crippen LogP) is 10.6. The van der Waals surface area contributed by atoms with Crippen molar-refractivity contribution < 1.29 is 9.21 Å². The number of carbonyl (C=O) groups is 1. The van der Waals surface area contributed by atoms with Crippen LogP contribution in [0.15, 0.2) is 168 Å². The zero-order valence-electron chi connectivity index (χ0n) is 25.4. The van der Waals surface area contributed by atoms with Crippen LogP contribution in [0.2, 0.25) is 0 Å². The number of furan rings is 1. The van der Waals surface area contributed by atoms with Gasteiger partial charge in [0.1, 0.15) is 11.2 Å². The van der Waals surface area contributed by atoms with Gasteiger partial charge in [-0.1, -0.05) is 121 Å². The molecular formula is C44H27NO2. The van der Waals surface area contributed by atoms with Gasteiger partial charge in [0, 0.05) is 33.0 Å². The molecule has 0 fully saturated rings. The van der Waals surface area contributed by atoms with Gasteiger partial charge in [-0.05, 0) is 64.7 Å². The van der Waals surface area contributed by atoms with E-state index in [-0.39, 0.29) is 5.78 Å². The molecule has 0 saturated heterocycles. The number of nitrogens with zero attached hydrogens (tertiary/aromatic N) is 1. The number of hydrogen-bond donors (Lipinski definition) is 0. The third-order valence-electron chi connectivity index (χ3n) is 10.1. The molecule has 0 radical (unpaired) electrons. The van der Waals surface area contributed by atoms with Crippen LogP contribution in [0, 0.1) is 0 Å². The molecule has 10 rings (SSSR count). The first-order valence-electron chi connectivity index (χ1n) is 16.0. The summed E-state index contributed by atoms with van der Waals surface area (Å²) in [5.41, 5.74) is 9.89. The van der Waals surface area contributed by atoms with Gasteiger partial charge in [0.05, 0.1) is 21.8 Å². The highest BCUT2D eigenvalue weighted by Crippen LogP contribution is 2.51. The molecule has 0 N–H and O–H groups in total. The van der Waals surface area contributed by atoms with E-state index < -0.39 is 5.41 Å². The van der Waals surface area contributed by atoms with Gasteiger partial charge in [0.25, 0.3) is 0 Å². The fourth-order valence-electron chi connectivity index (χ4n) is 8.16. The molecular weight excluding hydrogens is 574 g/mol. The summed E-state index contributed by atoms with van der Waals surface area (Å²) in [4.78, 5) is 14.3. The van der Waals surface area contributed by atoms with E-state index >= 15 is 0 Å². The molecule has 3 nitrogen and oxygen atoms in total. The normalized spacial score (nSPS) is 13.7. The lowest BCUT2D eigenvalue weighted by molar-refractivity contribution is 0.103. The first-order chi connectivity index (χ1) is 23.2. The fourth-order valence-corrected chi connectivity index (χ4v) is 8.16. The van der Waals surface area contributed by atoms with Gasteiger partial charge in [-0.15, -0.1) is 0 Å². The molecule has 0 amide bonds. The summed E-state index contributed by atoms with van der Waals surface area (Å²) in [6, 6.07) is 56.9. The number of fused-ring (bicyclic) bond motifs is 9. The molecule has 220 valence electrons. The van der Waals surface area contributed by atoms with Crippen LogP contribution in [-0.4, -0.2) is 10.4 Å². The first-order valence-corrected chi connectivity index (χ1v) is 16.0. The maximum absolute atomic E-state index is 14.3. The van der Waals surface area contributed by atoms with Crippen LogP contribution in [0.25, 0.3) is 49.4 Å². The molecule has 7 aromatic carbocycles. The summed E-state index contributed by atoms with van der Waals surface area (Å²) in [7, 11) is 0. The standard InChI is InChI=1S/C44H27NO2/c46-42-33-18-7-10-20-36(33)44(28-13-3-1-4-14-28,29-15-5-2-6-16-29)37-27-30(23-24-34(37)42)45-38-21-11-8-19-35(38)41-39(45)26-25-32-31-17-9-12-22-40(31)47-43(32)41/h1-27H. The van der Waals surface area contributed by atoms with Crippen LogP contribution in [0.1, 0.15) is 38.2 Å². The van der Waals surface area contributed by atoms with E-state index in [1.165, 1.54) is 0 Å². The Balaban J connectivity index is 1.34. The molecule has 2 heterocycles. The van der Waals surface area contributed by atoms with Crippen LogP contribution < -0.4 is 0 Å². The molecule has 0 bridgehead atoms. The van der Waals surface area contributed by atoms with E-state index in [9.17, 15) is 4.79 Å². The number of aromatic nitrogens is 1. The van der Waals surface area contributed by atoms with Gasteiger partial charge in [-0.3, -0.25) is 4.79 Å². The lowest BCUT2D eigenvalue weighted by Gasteiger charge is -2.42. The summed E-state index contributed by atoms with van der Waals surface area (Å²) < 4.78 is 8.88. The van der Waals surface area contributed by atoms with Crippen molar-refractivity contribution in [3.63, 3.8) is 0 Å². The van der Waals surface area contributed by atoms with E-state index in [0.29, 0.717) is 0 Å². The Morgan fingerprint density at radius 2 is 1.13 bits per heavy atom. The molecule has 0 aliphatic heterocycles. The van der Waals surface area contributed by atoms with Crippen LogP contribution in [0.5, 0.6) is 0 Å². The summed E-state index contributed by atoms with van der Waals surface area (Å²) in [5.74, 6) is 0.0517. The first kappa shape index (κ1) is 26.1. The van der Waals surface area contributed by atoms with Crippen molar-refractivity contribution >= 4 is 49.5 Å². The highest BCUT2D eigenvalue weighted by molar-refractivity contribution is 6.24. The van der Waals surface area contributed by atoms with Crippen molar-refractivity contribution in [1.82, 2.24) is 4.57 Å². The largest absolute Gasteiger partial charge is 0.455 e. The molecule has 0 saturated carbocycles. The van der Waals surface area contributed by atoms with Crippen molar-refractivity contribution in [3.05, 3.63) is 197 Å². The Morgan fingerprint density at radius 3 is 1.91 bits per heavy atom. The second-order valence-corrected chi connectivity index (χ2v) is 12.4. The van der Waals surface area contributed by atoms with Crippen LogP contribution in [-0.2, 0) is 5.41 Å². The number of rotatable bonds is 3. The van der Waals surface area contributed by atoms with Gasteiger partial charge < -0.3 is 8.98 Å². The van der Waals surface area contributed by atoms with E-state index in [1.54, 1.807) is 0 Å². The number of hydrogen-bond acceptors (Lipinski definition) is 2. The topological polar surface area (TPSA) is 35.1 Å². The van der Waals surface area contributed by atoms with E-state index in [1.807, 2.05) is 36.4 Å². The highest BCUT2D eigenvalue weighted by atomic mass is 16.3. The van der Waals surface area contributed by atoms with E-state index in [2.05, 4.69) is 132 Å². The third-order valence-corrected chi connectivity index (χ3v) is 10.1. The fraction of sp³-hybridized carbons (Fsp3) is 0.0227. The molecule has 1 aliphatic rings. The average molecular weight is 602 g/mol. The lowest BCUT2D eigenvalue weighted by atomic mass is 9.59. The zero-order chi connectivity index (χ0) is 31.1. The molecule has 3 heteroatoms. The molecule has 0 spiro atoms. The third kappa shape index (κ3) is 3.43. The summed E-state index contributed by atoms with van der Waals surface area (Å²) >= 11 is 0. The highest BCUT2D eigenvalue weighted by Gasteiger charge is 2.46. The minimum Gasteiger partial charge on any atom is -0.455 e. The van der Waals surface area contributed by atoms with Gasteiger partial charge >= 0.3 is 0 Å². The van der Waals surface area contributed by atoms with Crippen LogP contribution >= 0.6 is 0 Å². The predicted molar refractivity (Wildman–Crippen MR) is 190 cm³/mol. The number of carbonyl (C=O) groups excluding carboxylic acids is 1. The van der Waals surface area contributed by atoms with Crippen molar-refractivity contribution in [1.29, 1.82) is 0 Å². The maximum atomic E-state index is 14.3. The molecule has 9 aromatic rings. The monoisotopic (exact) mass is 601 g/mol. The Hall–Kier alpha value is -6.19. The average Bonchev–Trinajstić information content (AvgIpc) is 3.69. The quantitative estimate of drug-likeness (QED) is 0.202. The molecule has 0 atom stereocenters. The molecule has 2 aromatic heterocycles. The minimum atomic E-state index is -0.705. The Bertz CT molecular complexity index is 2660. The minimum absolute atomic E-state index is 0.0517. The smallest absolute Gasteiger partial charge is 0.193 e. The Labute approximate surface area is 270 Å². The summed E-state index contributed by atoms with van der Waals surface area (Å²) in [5, 5.41) is 4.44. The molecule has 0 unspecified atom stereocenters. The van der Waals surface area contributed by atoms with Gasteiger partial charge in [-0.25, -0.2) is 0 Å². The molecule has 1 aliphatic carbocycles. The van der Waals surface area contributed by atoms with Crippen LogP contribution in [0.4, 0.5) is 0 Å². The number of ketones is 1. The van der Waals surface area contributed by atoms with Crippen LogP contribution in [0.3, 0.4) is 0 Å². The van der Waals surface area contributed by atoms with Gasteiger partial charge in [0.2, 0.25) is 0 Å². The zero-order valence-corrected chi connectivity index (χ0v) is 25.4. The second kappa shape index (κ2) is 9.65. The van der Waals surface area contributed by atoms with Crippen molar-refractivity contribution in [2.45, 2.75) is 5.41 Å². The summed E-state index contributed by atoms with van der Waals surface area (Å²) in [6.45, 7) is 0. The number of para-hydroxylation sites is 2. The van der Waals surface area contributed by atoms with E-state index in [4.69, 9.17) is 4.42 Å². The van der Waals surface area contributed by atoms with Crippen molar-refractivity contribution in [2.75, 3.05) is 0 Å². The Morgan fingerprint density at radius 1 is 0.489 bits per heavy atom. The lowest BCUT2D eigenvalue weighted by Crippen LogP contribution is -2.38. The van der Waals surface area contributed by atoms with E-state index in [0.717, 1.165) is 82.8 Å². The summed E-state index contributed by atoms with van der Waals surface area (Å²) in [6.07, 6.45) is 0. The Kier molecular flexibility index (Phi) is 5.35. The van der Waals surface area contributed by atoms with Gasteiger partial charge in [-0.2, -0.15) is 0 Å².